The topological polar surface area (TPSA) is 57.8 Å². The van der Waals surface area contributed by atoms with E-state index in [2.05, 4.69) is 4.98 Å². The molecule has 0 radical (unpaired) electrons. The normalized spacial score (nSPS) is 13.5. The number of aryl methyl sites for hydroxylation is 1. The average molecular weight is 327 g/mol. The van der Waals surface area contributed by atoms with Crippen molar-refractivity contribution >= 4 is 22.8 Å². The van der Waals surface area contributed by atoms with E-state index in [4.69, 9.17) is 9.98 Å². The van der Waals surface area contributed by atoms with Gasteiger partial charge in [0.05, 0.1) is 22.8 Å². The van der Waals surface area contributed by atoms with Gasteiger partial charge in [-0.15, -0.1) is 0 Å². The fourth-order valence-corrected chi connectivity index (χ4v) is 2.92. The number of aliphatic imine (C=N–C) groups is 2. The van der Waals surface area contributed by atoms with Crippen molar-refractivity contribution in [1.29, 1.82) is 0 Å². The lowest BCUT2D eigenvalue weighted by molar-refractivity contribution is 0.474. The number of phenols is 1. The SMILES string of the molecule is Cc1ccc(O)c(C2=Nc3ccccc3N=C(c3cccnc3)C2)c1. The Morgan fingerprint density at radius 2 is 1.64 bits per heavy atom. The van der Waals surface area contributed by atoms with E-state index >= 15 is 0 Å². The fraction of sp³-hybridized carbons (Fsp3) is 0.0952. The molecule has 0 bridgehead atoms. The van der Waals surface area contributed by atoms with Crippen LogP contribution >= 0.6 is 0 Å². The Morgan fingerprint density at radius 3 is 2.36 bits per heavy atom. The molecule has 0 aliphatic carbocycles. The Balaban J connectivity index is 1.90. The van der Waals surface area contributed by atoms with Crippen molar-refractivity contribution in [2.75, 3.05) is 0 Å². The molecule has 0 amide bonds. The molecule has 2 aromatic carbocycles. The van der Waals surface area contributed by atoms with E-state index in [-0.39, 0.29) is 5.75 Å². The highest BCUT2D eigenvalue weighted by Gasteiger charge is 2.18. The maximum Gasteiger partial charge on any atom is 0.124 e. The number of para-hydroxylation sites is 2. The zero-order valence-electron chi connectivity index (χ0n) is 13.8. The molecule has 1 N–H and O–H groups in total. The number of rotatable bonds is 2. The summed E-state index contributed by atoms with van der Waals surface area (Å²) in [7, 11) is 0. The van der Waals surface area contributed by atoms with Crippen LogP contribution in [-0.4, -0.2) is 21.5 Å². The zero-order valence-corrected chi connectivity index (χ0v) is 13.8. The number of pyridine rings is 1. The van der Waals surface area contributed by atoms with Gasteiger partial charge in [0.25, 0.3) is 0 Å². The molecule has 4 rings (SSSR count). The Bertz CT molecular complexity index is 991. The van der Waals surface area contributed by atoms with E-state index in [0.717, 1.165) is 39.5 Å². The van der Waals surface area contributed by atoms with Gasteiger partial charge in [0.15, 0.2) is 0 Å². The van der Waals surface area contributed by atoms with Crippen LogP contribution in [-0.2, 0) is 0 Å². The maximum atomic E-state index is 10.4. The third-order valence-corrected chi connectivity index (χ3v) is 4.19. The minimum Gasteiger partial charge on any atom is -0.507 e. The monoisotopic (exact) mass is 327 g/mol. The van der Waals surface area contributed by atoms with Crippen molar-refractivity contribution in [3.8, 4) is 5.75 Å². The van der Waals surface area contributed by atoms with Crippen molar-refractivity contribution in [3.63, 3.8) is 0 Å². The summed E-state index contributed by atoms with van der Waals surface area (Å²) >= 11 is 0. The van der Waals surface area contributed by atoms with E-state index in [1.165, 1.54) is 0 Å². The molecule has 1 aliphatic heterocycles. The predicted molar refractivity (Wildman–Crippen MR) is 101 cm³/mol. The third kappa shape index (κ3) is 3.06. The van der Waals surface area contributed by atoms with Crippen molar-refractivity contribution in [3.05, 3.63) is 83.7 Å². The second kappa shape index (κ2) is 6.32. The number of benzene rings is 2. The average Bonchev–Trinajstić information content (AvgIpc) is 2.84. The highest BCUT2D eigenvalue weighted by atomic mass is 16.3. The minimum atomic E-state index is 0.231. The summed E-state index contributed by atoms with van der Waals surface area (Å²) < 4.78 is 0. The summed E-state index contributed by atoms with van der Waals surface area (Å²) in [6.07, 6.45) is 4.08. The second-order valence-corrected chi connectivity index (χ2v) is 6.04. The first-order valence-electron chi connectivity index (χ1n) is 8.15. The smallest absolute Gasteiger partial charge is 0.124 e. The molecule has 0 saturated carbocycles. The Hall–Kier alpha value is -3.27. The first kappa shape index (κ1) is 15.3. The summed E-state index contributed by atoms with van der Waals surface area (Å²) in [6, 6.07) is 17.2. The standard InChI is InChI=1S/C21H17N3O/c1-14-8-9-21(25)16(11-14)20-12-19(15-5-4-10-22-13-15)23-17-6-2-3-7-18(17)24-20/h2-11,13,25H,12H2,1H3. The highest BCUT2D eigenvalue weighted by Crippen LogP contribution is 2.34. The van der Waals surface area contributed by atoms with Crippen LogP contribution in [0, 0.1) is 6.92 Å². The summed E-state index contributed by atoms with van der Waals surface area (Å²) in [5.41, 5.74) is 6.09. The van der Waals surface area contributed by atoms with Gasteiger partial charge in [0.2, 0.25) is 0 Å². The number of fused-ring (bicyclic) bond motifs is 1. The van der Waals surface area contributed by atoms with Crippen molar-refractivity contribution in [2.24, 2.45) is 9.98 Å². The Labute approximate surface area is 146 Å². The van der Waals surface area contributed by atoms with Crippen LogP contribution in [0.1, 0.15) is 23.1 Å². The number of phenolic OH excluding ortho intramolecular Hbond substituents is 1. The first-order valence-corrected chi connectivity index (χ1v) is 8.15. The molecule has 3 aromatic rings. The molecule has 0 unspecified atom stereocenters. The molecule has 0 saturated heterocycles. The van der Waals surface area contributed by atoms with Crippen molar-refractivity contribution < 1.29 is 5.11 Å². The van der Waals surface area contributed by atoms with Gasteiger partial charge in [-0.25, -0.2) is 0 Å². The summed E-state index contributed by atoms with van der Waals surface area (Å²) in [5, 5.41) is 10.4. The molecule has 0 fully saturated rings. The van der Waals surface area contributed by atoms with Gasteiger partial charge < -0.3 is 5.11 Å². The van der Waals surface area contributed by atoms with E-state index in [1.54, 1.807) is 18.5 Å². The van der Waals surface area contributed by atoms with Crippen LogP contribution in [0.25, 0.3) is 0 Å². The molecular weight excluding hydrogens is 310 g/mol. The molecule has 0 spiro atoms. The lowest BCUT2D eigenvalue weighted by atomic mass is 9.99. The molecule has 4 heteroatoms. The van der Waals surface area contributed by atoms with Crippen LogP contribution in [0.2, 0.25) is 0 Å². The lowest BCUT2D eigenvalue weighted by Crippen LogP contribution is -2.10. The van der Waals surface area contributed by atoms with Gasteiger partial charge in [-0.2, -0.15) is 0 Å². The molecular formula is C21H17N3O. The highest BCUT2D eigenvalue weighted by molar-refractivity contribution is 6.20. The third-order valence-electron chi connectivity index (χ3n) is 4.19. The Kier molecular flexibility index (Phi) is 3.86. The van der Waals surface area contributed by atoms with E-state index in [0.29, 0.717) is 6.42 Å². The lowest BCUT2D eigenvalue weighted by Gasteiger charge is -2.10. The number of aromatic hydroxyl groups is 1. The van der Waals surface area contributed by atoms with Crippen molar-refractivity contribution in [2.45, 2.75) is 13.3 Å². The number of aromatic nitrogens is 1. The Morgan fingerprint density at radius 1 is 0.880 bits per heavy atom. The molecule has 2 heterocycles. The molecule has 122 valence electrons. The fourth-order valence-electron chi connectivity index (χ4n) is 2.92. The van der Waals surface area contributed by atoms with Gasteiger partial charge in [0, 0.05) is 29.9 Å². The molecule has 25 heavy (non-hydrogen) atoms. The summed E-state index contributed by atoms with van der Waals surface area (Å²) in [5.74, 6) is 0.231. The van der Waals surface area contributed by atoms with Gasteiger partial charge in [-0.1, -0.05) is 29.8 Å². The second-order valence-electron chi connectivity index (χ2n) is 6.04. The largest absolute Gasteiger partial charge is 0.507 e. The van der Waals surface area contributed by atoms with Crippen LogP contribution in [0.3, 0.4) is 0 Å². The summed E-state index contributed by atoms with van der Waals surface area (Å²) in [4.78, 5) is 13.8. The number of nitrogens with zero attached hydrogens (tertiary/aromatic N) is 3. The van der Waals surface area contributed by atoms with E-state index < -0.39 is 0 Å². The van der Waals surface area contributed by atoms with E-state index in [9.17, 15) is 5.11 Å². The van der Waals surface area contributed by atoms with Gasteiger partial charge in [0.1, 0.15) is 5.75 Å². The van der Waals surface area contributed by atoms with Gasteiger partial charge in [-0.3, -0.25) is 15.0 Å². The molecule has 4 nitrogen and oxygen atoms in total. The predicted octanol–water partition coefficient (Wildman–Crippen LogP) is 4.74. The van der Waals surface area contributed by atoms with Crippen LogP contribution in [0.15, 0.2) is 77.0 Å². The minimum absolute atomic E-state index is 0.231. The summed E-state index contributed by atoms with van der Waals surface area (Å²) in [6.45, 7) is 2.00. The first-order chi connectivity index (χ1) is 12.2. The van der Waals surface area contributed by atoms with Crippen LogP contribution in [0.4, 0.5) is 11.4 Å². The zero-order chi connectivity index (χ0) is 17.2. The molecule has 1 aromatic heterocycles. The van der Waals surface area contributed by atoms with E-state index in [1.807, 2.05) is 55.5 Å². The van der Waals surface area contributed by atoms with Crippen molar-refractivity contribution in [1.82, 2.24) is 4.98 Å². The number of hydrogen-bond acceptors (Lipinski definition) is 4. The van der Waals surface area contributed by atoms with Crippen LogP contribution < -0.4 is 0 Å². The van der Waals surface area contributed by atoms with Crippen LogP contribution in [0.5, 0.6) is 5.75 Å². The molecule has 1 aliphatic rings. The quantitative estimate of drug-likeness (QED) is 0.739. The number of hydrogen-bond donors (Lipinski definition) is 1. The van der Waals surface area contributed by atoms with Gasteiger partial charge >= 0.3 is 0 Å². The van der Waals surface area contributed by atoms with Gasteiger partial charge in [-0.05, 0) is 37.3 Å². The maximum absolute atomic E-state index is 10.4. The molecule has 0 atom stereocenters.